The molecule has 0 amide bonds. The molecule has 1 aromatic heterocycles. The molecule has 0 saturated carbocycles. The summed E-state index contributed by atoms with van der Waals surface area (Å²) < 4.78 is 7.64. The van der Waals surface area contributed by atoms with Gasteiger partial charge in [0.1, 0.15) is 12.4 Å². The second-order valence-electron chi connectivity index (χ2n) is 6.36. The van der Waals surface area contributed by atoms with Crippen molar-refractivity contribution in [3.63, 3.8) is 0 Å². The monoisotopic (exact) mass is 332 g/mol. The minimum absolute atomic E-state index is 0.0273. The number of carbonyl (C=O) groups is 1. The lowest BCUT2D eigenvalue weighted by molar-refractivity contribution is -0.136. The standard InChI is InChI=1S/C18H24N2O4/c1-12(2)20-13(10-18(22)23)9-17(21)15-6-5-14(11-16(15)20)24-8-7-19(3)4/h5-6,9,11-12H,7-8,10H2,1-4H3,(H,22,23). The van der Waals surface area contributed by atoms with Crippen molar-refractivity contribution in [1.82, 2.24) is 9.47 Å². The van der Waals surface area contributed by atoms with E-state index in [1.54, 1.807) is 12.1 Å². The zero-order valence-corrected chi connectivity index (χ0v) is 14.6. The van der Waals surface area contributed by atoms with Crippen LogP contribution < -0.4 is 10.2 Å². The van der Waals surface area contributed by atoms with Crippen LogP contribution in [0.4, 0.5) is 0 Å². The first-order chi connectivity index (χ1) is 11.3. The Morgan fingerprint density at radius 3 is 2.58 bits per heavy atom. The summed E-state index contributed by atoms with van der Waals surface area (Å²) in [5, 5.41) is 9.68. The van der Waals surface area contributed by atoms with Crippen molar-refractivity contribution in [3.8, 4) is 5.75 Å². The molecule has 6 nitrogen and oxygen atoms in total. The van der Waals surface area contributed by atoms with E-state index in [0.29, 0.717) is 29.0 Å². The number of ether oxygens (including phenoxy) is 1. The average molecular weight is 332 g/mol. The van der Waals surface area contributed by atoms with Crippen molar-refractivity contribution in [2.75, 3.05) is 27.2 Å². The van der Waals surface area contributed by atoms with Gasteiger partial charge in [0.25, 0.3) is 0 Å². The Morgan fingerprint density at radius 2 is 2.00 bits per heavy atom. The summed E-state index contributed by atoms with van der Waals surface area (Å²) in [6, 6.07) is 6.79. The Hall–Kier alpha value is -2.34. The molecule has 1 heterocycles. The summed E-state index contributed by atoms with van der Waals surface area (Å²) in [6.45, 7) is 5.26. The van der Waals surface area contributed by atoms with Crippen LogP contribution in [0.3, 0.4) is 0 Å². The zero-order chi connectivity index (χ0) is 17.9. The molecule has 0 unspecified atom stereocenters. The van der Waals surface area contributed by atoms with Crippen LogP contribution in [0.15, 0.2) is 29.1 Å². The Bertz CT molecular complexity index is 793. The van der Waals surface area contributed by atoms with Gasteiger partial charge in [-0.05, 0) is 40.1 Å². The van der Waals surface area contributed by atoms with Crippen molar-refractivity contribution in [3.05, 3.63) is 40.2 Å². The van der Waals surface area contributed by atoms with E-state index in [9.17, 15) is 9.59 Å². The minimum atomic E-state index is -0.957. The molecule has 2 rings (SSSR count). The van der Waals surface area contributed by atoms with Gasteiger partial charge in [0.05, 0.1) is 11.9 Å². The van der Waals surface area contributed by atoms with Gasteiger partial charge in [0, 0.05) is 35.8 Å². The van der Waals surface area contributed by atoms with E-state index < -0.39 is 5.97 Å². The molecule has 24 heavy (non-hydrogen) atoms. The molecule has 0 spiro atoms. The Morgan fingerprint density at radius 1 is 1.29 bits per heavy atom. The van der Waals surface area contributed by atoms with Crippen LogP contribution in [0.2, 0.25) is 0 Å². The van der Waals surface area contributed by atoms with Crippen LogP contribution in [-0.4, -0.2) is 47.8 Å². The topological polar surface area (TPSA) is 71.8 Å². The van der Waals surface area contributed by atoms with Gasteiger partial charge in [-0.25, -0.2) is 0 Å². The van der Waals surface area contributed by atoms with E-state index in [0.717, 1.165) is 6.54 Å². The number of carboxylic acid groups (broad SMARTS) is 1. The van der Waals surface area contributed by atoms with Crippen molar-refractivity contribution < 1.29 is 14.6 Å². The molecular weight excluding hydrogens is 308 g/mol. The lowest BCUT2D eigenvalue weighted by atomic mass is 10.1. The van der Waals surface area contributed by atoms with E-state index in [2.05, 4.69) is 0 Å². The molecule has 0 bridgehead atoms. The highest BCUT2D eigenvalue weighted by Crippen LogP contribution is 2.23. The number of aromatic nitrogens is 1. The van der Waals surface area contributed by atoms with E-state index in [1.165, 1.54) is 6.07 Å². The number of hydrogen-bond donors (Lipinski definition) is 1. The molecule has 0 aliphatic carbocycles. The van der Waals surface area contributed by atoms with E-state index in [1.807, 2.05) is 43.5 Å². The molecule has 6 heteroatoms. The van der Waals surface area contributed by atoms with Gasteiger partial charge in [0.2, 0.25) is 0 Å². The second-order valence-corrected chi connectivity index (χ2v) is 6.36. The normalized spacial score (nSPS) is 11.4. The fourth-order valence-corrected chi connectivity index (χ4v) is 2.71. The van der Waals surface area contributed by atoms with Gasteiger partial charge >= 0.3 is 5.97 Å². The largest absolute Gasteiger partial charge is 0.492 e. The molecule has 130 valence electrons. The number of hydrogen-bond acceptors (Lipinski definition) is 4. The number of nitrogens with zero attached hydrogens (tertiary/aromatic N) is 2. The van der Waals surface area contributed by atoms with Gasteiger partial charge in [0.15, 0.2) is 5.43 Å². The third-order valence-electron chi connectivity index (χ3n) is 3.76. The highest BCUT2D eigenvalue weighted by atomic mass is 16.5. The minimum Gasteiger partial charge on any atom is -0.492 e. The molecule has 0 radical (unpaired) electrons. The summed E-state index contributed by atoms with van der Waals surface area (Å²) in [4.78, 5) is 25.5. The lowest BCUT2D eigenvalue weighted by Gasteiger charge is -2.20. The van der Waals surface area contributed by atoms with E-state index in [4.69, 9.17) is 9.84 Å². The van der Waals surface area contributed by atoms with Crippen LogP contribution in [0, 0.1) is 0 Å². The number of benzene rings is 1. The summed E-state index contributed by atoms with van der Waals surface area (Å²) >= 11 is 0. The van der Waals surface area contributed by atoms with Gasteiger partial charge in [-0.3, -0.25) is 9.59 Å². The SMILES string of the molecule is CC(C)n1c(CC(=O)O)cc(=O)c2ccc(OCCN(C)C)cc21. The number of aliphatic carboxylic acids is 1. The predicted molar refractivity (Wildman–Crippen MR) is 94.0 cm³/mol. The summed E-state index contributed by atoms with van der Waals surface area (Å²) in [5.41, 5.74) is 1.04. The number of fused-ring (bicyclic) bond motifs is 1. The van der Waals surface area contributed by atoms with Gasteiger partial charge in [-0.2, -0.15) is 0 Å². The molecule has 0 aliphatic heterocycles. The third kappa shape index (κ3) is 4.14. The highest BCUT2D eigenvalue weighted by molar-refractivity contribution is 5.82. The quantitative estimate of drug-likeness (QED) is 0.841. The number of rotatable bonds is 7. The predicted octanol–water partition coefficient (Wildman–Crippen LogP) is 2.15. The summed E-state index contributed by atoms with van der Waals surface area (Å²) in [5.74, 6) is -0.285. The number of carboxylic acids is 1. The molecule has 0 fully saturated rings. The van der Waals surface area contributed by atoms with Crippen LogP contribution in [0.1, 0.15) is 25.6 Å². The molecule has 1 N–H and O–H groups in total. The van der Waals surface area contributed by atoms with E-state index >= 15 is 0 Å². The van der Waals surface area contributed by atoms with Gasteiger partial charge in [-0.15, -0.1) is 0 Å². The van der Waals surface area contributed by atoms with Crippen LogP contribution in [0.5, 0.6) is 5.75 Å². The van der Waals surface area contributed by atoms with E-state index in [-0.39, 0.29) is 17.9 Å². The number of likely N-dealkylation sites (N-methyl/N-ethyl adjacent to an activating group) is 1. The Balaban J connectivity index is 2.52. The smallest absolute Gasteiger partial charge is 0.309 e. The second kappa shape index (κ2) is 7.49. The van der Waals surface area contributed by atoms with Crippen molar-refractivity contribution in [2.45, 2.75) is 26.3 Å². The zero-order valence-electron chi connectivity index (χ0n) is 14.6. The van der Waals surface area contributed by atoms with Crippen molar-refractivity contribution in [2.24, 2.45) is 0 Å². The average Bonchev–Trinajstić information content (AvgIpc) is 2.45. The third-order valence-corrected chi connectivity index (χ3v) is 3.76. The lowest BCUT2D eigenvalue weighted by Crippen LogP contribution is -2.20. The molecular formula is C18H24N2O4. The maximum atomic E-state index is 12.3. The Kier molecular flexibility index (Phi) is 5.62. The fraction of sp³-hybridized carbons (Fsp3) is 0.444. The number of pyridine rings is 1. The highest BCUT2D eigenvalue weighted by Gasteiger charge is 2.14. The summed E-state index contributed by atoms with van der Waals surface area (Å²) in [7, 11) is 3.94. The fourth-order valence-electron chi connectivity index (χ4n) is 2.71. The van der Waals surface area contributed by atoms with Crippen LogP contribution >= 0.6 is 0 Å². The maximum Gasteiger partial charge on any atom is 0.309 e. The first kappa shape index (κ1) is 18.0. The van der Waals surface area contributed by atoms with Crippen molar-refractivity contribution in [1.29, 1.82) is 0 Å². The van der Waals surface area contributed by atoms with Crippen LogP contribution in [-0.2, 0) is 11.2 Å². The molecule has 1 aromatic carbocycles. The molecule has 0 atom stereocenters. The molecule has 0 aliphatic rings. The summed E-state index contributed by atoms with van der Waals surface area (Å²) in [6.07, 6.45) is -0.185. The first-order valence-corrected chi connectivity index (χ1v) is 7.97. The molecule has 0 saturated heterocycles. The molecule has 2 aromatic rings. The van der Waals surface area contributed by atoms with Crippen LogP contribution in [0.25, 0.3) is 10.9 Å². The first-order valence-electron chi connectivity index (χ1n) is 7.97. The van der Waals surface area contributed by atoms with Gasteiger partial charge in [-0.1, -0.05) is 0 Å². The Labute approximate surface area is 141 Å². The maximum absolute atomic E-state index is 12.3. The van der Waals surface area contributed by atoms with Crippen molar-refractivity contribution >= 4 is 16.9 Å². The van der Waals surface area contributed by atoms with Gasteiger partial charge < -0.3 is 19.3 Å².